The predicted molar refractivity (Wildman–Crippen MR) is 41.5 cm³/mol. The second-order valence-corrected chi connectivity index (χ2v) is 2.86. The Morgan fingerprint density at radius 3 is 2.82 bits per heavy atom. The lowest BCUT2D eigenvalue weighted by molar-refractivity contribution is -0.131. The summed E-state index contributed by atoms with van der Waals surface area (Å²) in [4.78, 5) is 23.3. The molecule has 1 rings (SSSR count). The maximum Gasteiger partial charge on any atom is 0.223 e. The number of hydrogen-bond donors (Lipinski definition) is 0. The largest absolute Gasteiger partial charge is 0.335 e. The van der Waals surface area contributed by atoms with E-state index < -0.39 is 0 Å². The van der Waals surface area contributed by atoms with Gasteiger partial charge in [-0.15, -0.1) is 11.6 Å². The fraction of sp³-hybridized carbons (Fsp3) is 0.714. The SMILES string of the molecule is O=C(CCl)CN1CCCC1=O. The lowest BCUT2D eigenvalue weighted by atomic mass is 10.4. The van der Waals surface area contributed by atoms with Crippen molar-refractivity contribution in [1.82, 2.24) is 4.90 Å². The minimum atomic E-state index is -0.0816. The molecule has 11 heavy (non-hydrogen) atoms. The van der Waals surface area contributed by atoms with Crippen LogP contribution in [-0.2, 0) is 9.59 Å². The third kappa shape index (κ3) is 2.19. The van der Waals surface area contributed by atoms with Gasteiger partial charge in [0, 0.05) is 13.0 Å². The molecule has 4 heteroatoms. The van der Waals surface area contributed by atoms with Crippen LogP contribution >= 0.6 is 11.6 Å². The molecule has 1 saturated heterocycles. The molecule has 0 aromatic carbocycles. The maximum absolute atomic E-state index is 11.0. The van der Waals surface area contributed by atoms with Crippen molar-refractivity contribution in [2.24, 2.45) is 0 Å². The molecule has 3 nitrogen and oxygen atoms in total. The summed E-state index contributed by atoms with van der Waals surface area (Å²) in [6.45, 7) is 0.907. The van der Waals surface area contributed by atoms with Gasteiger partial charge in [-0.25, -0.2) is 0 Å². The van der Waals surface area contributed by atoms with E-state index in [-0.39, 0.29) is 24.1 Å². The van der Waals surface area contributed by atoms with E-state index in [0.29, 0.717) is 13.0 Å². The molecule has 62 valence electrons. The predicted octanol–water partition coefficient (Wildman–Crippen LogP) is 0.417. The number of alkyl halides is 1. The fourth-order valence-corrected chi connectivity index (χ4v) is 1.21. The normalized spacial score (nSPS) is 17.5. The lowest BCUT2D eigenvalue weighted by Gasteiger charge is -2.12. The maximum atomic E-state index is 11.0. The fourth-order valence-electron chi connectivity index (χ4n) is 1.13. The second kappa shape index (κ2) is 3.72. The van der Waals surface area contributed by atoms with E-state index in [1.807, 2.05) is 0 Å². The van der Waals surface area contributed by atoms with Gasteiger partial charge in [0.1, 0.15) is 0 Å². The van der Waals surface area contributed by atoms with Gasteiger partial charge in [0.15, 0.2) is 5.78 Å². The van der Waals surface area contributed by atoms with Crippen LogP contribution in [0.5, 0.6) is 0 Å². The van der Waals surface area contributed by atoms with Crippen LogP contribution in [0.4, 0.5) is 0 Å². The molecule has 1 aliphatic rings. The number of likely N-dealkylation sites (tertiary alicyclic amines) is 1. The Morgan fingerprint density at radius 1 is 1.64 bits per heavy atom. The molecule has 0 spiro atoms. The number of nitrogens with zero attached hydrogens (tertiary/aromatic N) is 1. The first-order chi connectivity index (χ1) is 5.24. The van der Waals surface area contributed by atoms with Crippen molar-refractivity contribution < 1.29 is 9.59 Å². The molecule has 1 heterocycles. The van der Waals surface area contributed by atoms with Gasteiger partial charge in [0.05, 0.1) is 12.4 Å². The van der Waals surface area contributed by atoms with Crippen LogP contribution in [-0.4, -0.2) is 35.6 Å². The Labute approximate surface area is 70.3 Å². The van der Waals surface area contributed by atoms with E-state index in [9.17, 15) is 9.59 Å². The van der Waals surface area contributed by atoms with E-state index in [0.717, 1.165) is 6.42 Å². The molecule has 0 aliphatic carbocycles. The van der Waals surface area contributed by atoms with Crippen LogP contribution < -0.4 is 0 Å². The summed E-state index contributed by atoms with van der Waals surface area (Å²) in [5.41, 5.74) is 0. The topological polar surface area (TPSA) is 37.4 Å². The highest BCUT2D eigenvalue weighted by molar-refractivity contribution is 6.28. The molecule has 0 aromatic rings. The molecule has 0 saturated carbocycles. The van der Waals surface area contributed by atoms with Crippen LogP contribution in [0.15, 0.2) is 0 Å². The third-order valence-electron chi connectivity index (χ3n) is 1.69. The van der Waals surface area contributed by atoms with E-state index in [1.165, 1.54) is 0 Å². The summed E-state index contributed by atoms with van der Waals surface area (Å²) in [5.74, 6) is -0.00515. The number of ketones is 1. The standard InChI is InChI=1S/C7H10ClNO2/c8-4-6(10)5-9-3-1-2-7(9)11/h1-5H2. The highest BCUT2D eigenvalue weighted by atomic mass is 35.5. The smallest absolute Gasteiger partial charge is 0.223 e. The highest BCUT2D eigenvalue weighted by Crippen LogP contribution is 2.08. The van der Waals surface area contributed by atoms with Crippen LogP contribution in [0.1, 0.15) is 12.8 Å². The molecule has 1 amide bonds. The number of hydrogen-bond acceptors (Lipinski definition) is 2. The van der Waals surface area contributed by atoms with Crippen molar-refractivity contribution in [3.63, 3.8) is 0 Å². The Hall–Kier alpha value is -0.570. The van der Waals surface area contributed by atoms with Crippen molar-refractivity contribution in [2.75, 3.05) is 19.0 Å². The van der Waals surface area contributed by atoms with E-state index >= 15 is 0 Å². The Kier molecular flexibility index (Phi) is 2.88. The molecule has 1 aliphatic heterocycles. The van der Waals surface area contributed by atoms with Gasteiger partial charge in [-0.1, -0.05) is 0 Å². The van der Waals surface area contributed by atoms with Gasteiger partial charge in [-0.3, -0.25) is 9.59 Å². The van der Waals surface area contributed by atoms with Crippen molar-refractivity contribution in [1.29, 1.82) is 0 Å². The van der Waals surface area contributed by atoms with Crippen LogP contribution in [0.2, 0.25) is 0 Å². The van der Waals surface area contributed by atoms with Crippen molar-refractivity contribution in [3.05, 3.63) is 0 Å². The summed E-state index contributed by atoms with van der Waals surface area (Å²) >= 11 is 5.29. The summed E-state index contributed by atoms with van der Waals surface area (Å²) in [6, 6.07) is 0. The summed E-state index contributed by atoms with van der Waals surface area (Å²) in [6.07, 6.45) is 1.45. The number of rotatable bonds is 3. The Balaban J connectivity index is 2.36. The molecule has 0 aromatic heterocycles. The minimum Gasteiger partial charge on any atom is -0.335 e. The quantitative estimate of drug-likeness (QED) is 0.583. The Morgan fingerprint density at radius 2 is 2.36 bits per heavy atom. The van der Waals surface area contributed by atoms with E-state index in [1.54, 1.807) is 4.90 Å². The molecule has 0 bridgehead atoms. The molecule has 0 atom stereocenters. The zero-order valence-electron chi connectivity index (χ0n) is 6.18. The van der Waals surface area contributed by atoms with E-state index in [4.69, 9.17) is 11.6 Å². The zero-order chi connectivity index (χ0) is 8.27. The molecule has 0 N–H and O–H groups in total. The van der Waals surface area contributed by atoms with Gasteiger partial charge in [0.25, 0.3) is 0 Å². The van der Waals surface area contributed by atoms with Crippen molar-refractivity contribution >= 4 is 23.3 Å². The van der Waals surface area contributed by atoms with Gasteiger partial charge in [-0.2, -0.15) is 0 Å². The lowest BCUT2D eigenvalue weighted by Crippen LogP contribution is -2.31. The first-order valence-electron chi connectivity index (χ1n) is 3.59. The van der Waals surface area contributed by atoms with Crippen molar-refractivity contribution in [3.8, 4) is 0 Å². The first kappa shape index (κ1) is 8.53. The molecule has 1 fully saturated rings. The molecular formula is C7H10ClNO2. The third-order valence-corrected chi connectivity index (χ3v) is 1.99. The first-order valence-corrected chi connectivity index (χ1v) is 4.13. The number of carbonyl (C=O) groups excluding carboxylic acids is 2. The van der Waals surface area contributed by atoms with Crippen LogP contribution in [0.25, 0.3) is 0 Å². The van der Waals surface area contributed by atoms with Gasteiger partial charge < -0.3 is 4.90 Å². The summed E-state index contributed by atoms with van der Waals surface area (Å²) in [5, 5.41) is 0. The van der Waals surface area contributed by atoms with Crippen molar-refractivity contribution in [2.45, 2.75) is 12.8 Å². The molecular weight excluding hydrogens is 166 g/mol. The van der Waals surface area contributed by atoms with Gasteiger partial charge >= 0.3 is 0 Å². The van der Waals surface area contributed by atoms with E-state index in [2.05, 4.69) is 0 Å². The number of carbonyl (C=O) groups is 2. The zero-order valence-corrected chi connectivity index (χ0v) is 6.93. The van der Waals surface area contributed by atoms with Gasteiger partial charge in [0.2, 0.25) is 5.91 Å². The second-order valence-electron chi connectivity index (χ2n) is 2.59. The van der Waals surface area contributed by atoms with Crippen LogP contribution in [0.3, 0.4) is 0 Å². The number of amides is 1. The average molecular weight is 176 g/mol. The number of halogens is 1. The molecule has 0 radical (unpaired) electrons. The minimum absolute atomic E-state index is 0.00375. The average Bonchev–Trinajstić information content (AvgIpc) is 2.37. The summed E-state index contributed by atoms with van der Waals surface area (Å²) in [7, 11) is 0. The number of Topliss-reactive ketones (excluding diaryl/α,β-unsaturated/α-hetero) is 1. The Bertz CT molecular complexity index is 181. The molecule has 0 unspecified atom stereocenters. The van der Waals surface area contributed by atoms with Crippen LogP contribution in [0, 0.1) is 0 Å². The summed E-state index contributed by atoms with van der Waals surface area (Å²) < 4.78 is 0. The highest BCUT2D eigenvalue weighted by Gasteiger charge is 2.21. The monoisotopic (exact) mass is 175 g/mol. The van der Waals surface area contributed by atoms with Gasteiger partial charge in [-0.05, 0) is 6.42 Å².